The van der Waals surface area contributed by atoms with E-state index in [-0.39, 0.29) is 0 Å². The van der Waals surface area contributed by atoms with E-state index >= 15 is 0 Å². The van der Waals surface area contributed by atoms with Crippen LogP contribution in [0.1, 0.15) is 24.2 Å². The van der Waals surface area contributed by atoms with Crippen LogP contribution in [0.4, 0.5) is 5.69 Å². The molecule has 1 N–H and O–H groups in total. The summed E-state index contributed by atoms with van der Waals surface area (Å²) in [6.07, 6.45) is 3.04. The molecule has 0 radical (unpaired) electrons. The van der Waals surface area contributed by atoms with E-state index < -0.39 is 0 Å². The van der Waals surface area contributed by atoms with Crippen molar-refractivity contribution in [1.29, 1.82) is 0 Å². The maximum atomic E-state index is 4.47. The van der Waals surface area contributed by atoms with Crippen LogP contribution in [-0.2, 0) is 13.5 Å². The quantitative estimate of drug-likeness (QED) is 0.917. The van der Waals surface area contributed by atoms with Gasteiger partial charge in [-0.3, -0.25) is 4.68 Å². The molecular weight excluding hydrogens is 242 g/mol. The normalized spacial score (nSPS) is 17.8. The molecule has 94 valence electrons. The van der Waals surface area contributed by atoms with Crippen molar-refractivity contribution in [2.24, 2.45) is 7.05 Å². The zero-order valence-electron chi connectivity index (χ0n) is 10.7. The lowest BCUT2D eigenvalue weighted by Gasteiger charge is -2.14. The van der Waals surface area contributed by atoms with Crippen LogP contribution in [0.3, 0.4) is 0 Å². The van der Waals surface area contributed by atoms with Gasteiger partial charge in [0, 0.05) is 23.9 Å². The number of nitrogens with zero attached hydrogens (tertiary/aromatic N) is 2. The van der Waals surface area contributed by atoms with Crippen molar-refractivity contribution < 1.29 is 0 Å². The molecule has 0 bridgehead atoms. The van der Waals surface area contributed by atoms with Crippen LogP contribution >= 0.6 is 11.8 Å². The number of fused-ring (bicyclic) bond motifs is 1. The number of aromatic nitrogens is 2. The zero-order chi connectivity index (χ0) is 12.5. The predicted molar refractivity (Wildman–Crippen MR) is 76.1 cm³/mol. The topological polar surface area (TPSA) is 29.9 Å². The average Bonchev–Trinajstić information content (AvgIpc) is 2.94. The Morgan fingerprint density at radius 2 is 2.28 bits per heavy atom. The van der Waals surface area contributed by atoms with Crippen LogP contribution in [0, 0.1) is 0 Å². The van der Waals surface area contributed by atoms with Crippen molar-refractivity contribution >= 4 is 17.4 Å². The number of aryl methyl sites for hydroxylation is 2. The molecule has 0 saturated heterocycles. The fourth-order valence-electron chi connectivity index (χ4n) is 2.39. The third kappa shape index (κ3) is 2.01. The van der Waals surface area contributed by atoms with E-state index in [1.807, 2.05) is 23.5 Å². The first-order valence-electron chi connectivity index (χ1n) is 6.28. The molecule has 1 aliphatic heterocycles. The maximum absolute atomic E-state index is 4.47. The lowest BCUT2D eigenvalue weighted by atomic mass is 10.1. The van der Waals surface area contributed by atoms with Gasteiger partial charge in [-0.1, -0.05) is 25.1 Å². The Hall–Kier alpha value is -1.42. The van der Waals surface area contributed by atoms with E-state index in [0.717, 1.165) is 17.9 Å². The standard InChI is InChI=1S/C14H17N3S/c1-3-11-12(8-17(2)16-11)15-13-9-18-14-7-5-4-6-10(13)14/h4-8,13,15H,3,9H2,1-2H3. The van der Waals surface area contributed by atoms with Crippen LogP contribution in [0.5, 0.6) is 0 Å². The minimum absolute atomic E-state index is 0.403. The molecule has 0 amide bonds. The molecule has 1 aliphatic rings. The molecule has 0 saturated carbocycles. The van der Waals surface area contributed by atoms with E-state index in [4.69, 9.17) is 0 Å². The molecule has 1 aromatic heterocycles. The van der Waals surface area contributed by atoms with Gasteiger partial charge in [0.1, 0.15) is 0 Å². The first kappa shape index (κ1) is 11.7. The third-order valence-corrected chi connectivity index (χ3v) is 4.45. The number of hydrogen-bond acceptors (Lipinski definition) is 3. The summed E-state index contributed by atoms with van der Waals surface area (Å²) in [5, 5.41) is 8.11. The summed E-state index contributed by atoms with van der Waals surface area (Å²) in [5.74, 6) is 1.09. The lowest BCUT2D eigenvalue weighted by molar-refractivity contribution is 0.746. The summed E-state index contributed by atoms with van der Waals surface area (Å²) >= 11 is 1.93. The molecule has 2 aromatic rings. The Morgan fingerprint density at radius 3 is 3.11 bits per heavy atom. The van der Waals surface area contributed by atoms with E-state index in [1.165, 1.54) is 16.1 Å². The Morgan fingerprint density at radius 1 is 1.44 bits per heavy atom. The van der Waals surface area contributed by atoms with Crippen molar-refractivity contribution in [3.05, 3.63) is 41.7 Å². The minimum Gasteiger partial charge on any atom is -0.375 e. The molecule has 3 rings (SSSR count). The van der Waals surface area contributed by atoms with Gasteiger partial charge in [-0.25, -0.2) is 0 Å². The molecule has 1 aromatic carbocycles. The molecule has 4 heteroatoms. The highest BCUT2D eigenvalue weighted by molar-refractivity contribution is 7.99. The number of nitrogens with one attached hydrogen (secondary N) is 1. The van der Waals surface area contributed by atoms with E-state index in [0.29, 0.717) is 6.04 Å². The second kappa shape index (κ2) is 4.69. The van der Waals surface area contributed by atoms with Crippen molar-refractivity contribution in [2.75, 3.05) is 11.1 Å². The second-order valence-electron chi connectivity index (χ2n) is 4.56. The van der Waals surface area contributed by atoms with Crippen LogP contribution in [0.25, 0.3) is 0 Å². The van der Waals surface area contributed by atoms with Gasteiger partial charge in [-0.15, -0.1) is 11.8 Å². The number of thioether (sulfide) groups is 1. The first-order chi connectivity index (χ1) is 8.78. The number of rotatable bonds is 3. The van der Waals surface area contributed by atoms with Gasteiger partial charge in [-0.2, -0.15) is 5.10 Å². The van der Waals surface area contributed by atoms with Gasteiger partial charge >= 0.3 is 0 Å². The molecule has 1 atom stereocenters. The average molecular weight is 259 g/mol. The predicted octanol–water partition coefficient (Wildman–Crippen LogP) is 3.24. The van der Waals surface area contributed by atoms with Gasteiger partial charge in [0.15, 0.2) is 0 Å². The van der Waals surface area contributed by atoms with Gasteiger partial charge in [0.25, 0.3) is 0 Å². The summed E-state index contributed by atoms with van der Waals surface area (Å²) in [6.45, 7) is 2.14. The Kier molecular flexibility index (Phi) is 3.04. The molecule has 18 heavy (non-hydrogen) atoms. The summed E-state index contributed by atoms with van der Waals surface area (Å²) in [7, 11) is 1.97. The van der Waals surface area contributed by atoms with Crippen molar-refractivity contribution in [3.8, 4) is 0 Å². The fourth-order valence-corrected chi connectivity index (χ4v) is 3.55. The van der Waals surface area contributed by atoms with E-state index in [1.54, 1.807) is 0 Å². The SMILES string of the molecule is CCc1nn(C)cc1NC1CSc2ccccc21. The zero-order valence-corrected chi connectivity index (χ0v) is 11.5. The van der Waals surface area contributed by atoms with Crippen LogP contribution < -0.4 is 5.32 Å². The van der Waals surface area contributed by atoms with Crippen molar-refractivity contribution in [2.45, 2.75) is 24.3 Å². The highest BCUT2D eigenvalue weighted by Gasteiger charge is 2.23. The minimum atomic E-state index is 0.403. The van der Waals surface area contributed by atoms with Gasteiger partial charge in [-0.05, 0) is 18.1 Å². The Bertz CT molecular complexity index is 562. The smallest absolute Gasteiger partial charge is 0.0853 e. The highest BCUT2D eigenvalue weighted by Crippen LogP contribution is 2.39. The summed E-state index contributed by atoms with van der Waals surface area (Å²) < 4.78 is 1.88. The van der Waals surface area contributed by atoms with Crippen molar-refractivity contribution in [3.63, 3.8) is 0 Å². The second-order valence-corrected chi connectivity index (χ2v) is 5.62. The number of benzene rings is 1. The van der Waals surface area contributed by atoms with Gasteiger partial charge in [0.05, 0.1) is 17.4 Å². The molecular formula is C14H17N3S. The maximum Gasteiger partial charge on any atom is 0.0853 e. The van der Waals surface area contributed by atoms with E-state index in [2.05, 4.69) is 47.8 Å². The molecule has 1 unspecified atom stereocenters. The number of hydrogen-bond donors (Lipinski definition) is 1. The van der Waals surface area contributed by atoms with Crippen LogP contribution in [-0.4, -0.2) is 15.5 Å². The molecule has 0 aliphatic carbocycles. The van der Waals surface area contributed by atoms with Crippen LogP contribution in [0.15, 0.2) is 35.4 Å². The van der Waals surface area contributed by atoms with Crippen molar-refractivity contribution in [1.82, 2.24) is 9.78 Å². The Labute approximate surface area is 112 Å². The molecule has 3 nitrogen and oxygen atoms in total. The molecule has 0 fully saturated rings. The molecule has 0 spiro atoms. The fraction of sp³-hybridized carbons (Fsp3) is 0.357. The van der Waals surface area contributed by atoms with Crippen LogP contribution in [0.2, 0.25) is 0 Å². The molecule has 2 heterocycles. The number of anilines is 1. The Balaban J connectivity index is 1.86. The third-order valence-electron chi connectivity index (χ3n) is 3.27. The summed E-state index contributed by atoms with van der Waals surface area (Å²) in [5.41, 5.74) is 3.72. The summed E-state index contributed by atoms with van der Waals surface area (Å²) in [6, 6.07) is 9.04. The first-order valence-corrected chi connectivity index (χ1v) is 7.27. The van der Waals surface area contributed by atoms with Gasteiger partial charge in [0.2, 0.25) is 0 Å². The largest absolute Gasteiger partial charge is 0.375 e. The highest BCUT2D eigenvalue weighted by atomic mass is 32.2. The lowest BCUT2D eigenvalue weighted by Crippen LogP contribution is -2.10. The van der Waals surface area contributed by atoms with Gasteiger partial charge < -0.3 is 5.32 Å². The monoisotopic (exact) mass is 259 g/mol. The van der Waals surface area contributed by atoms with E-state index in [9.17, 15) is 0 Å². The summed E-state index contributed by atoms with van der Waals surface area (Å²) in [4.78, 5) is 1.40.